The van der Waals surface area contributed by atoms with E-state index in [1.54, 1.807) is 0 Å². The highest BCUT2D eigenvalue weighted by atomic mass is 32.1. The second kappa shape index (κ2) is 7.05. The third-order valence-electron chi connectivity index (χ3n) is 3.24. The van der Waals surface area contributed by atoms with Crippen LogP contribution in [0.5, 0.6) is 0 Å². The number of thiocarbonyl (C=S) groups is 1. The third kappa shape index (κ3) is 4.49. The molecule has 0 unspecified atom stereocenters. The van der Waals surface area contributed by atoms with Gasteiger partial charge >= 0.3 is 0 Å². The van der Waals surface area contributed by atoms with Crippen LogP contribution in [0.4, 0.5) is 0 Å². The van der Waals surface area contributed by atoms with Crippen LogP contribution in [0.25, 0.3) is 0 Å². The number of nitrogens with two attached hydrogens (primary N) is 1. The van der Waals surface area contributed by atoms with Crippen LogP contribution in [0.3, 0.4) is 0 Å². The van der Waals surface area contributed by atoms with Gasteiger partial charge in [-0.1, -0.05) is 60.7 Å². The lowest BCUT2D eigenvalue weighted by atomic mass is 10.0. The van der Waals surface area contributed by atoms with Gasteiger partial charge in [-0.05, 0) is 42.9 Å². The summed E-state index contributed by atoms with van der Waals surface area (Å²) in [6.45, 7) is 0. The third-order valence-corrected chi connectivity index (χ3v) is 3.47. The minimum atomic E-state index is 0.478. The fourth-order valence-corrected chi connectivity index (χ4v) is 2.31. The molecule has 0 aromatic heterocycles. The summed E-state index contributed by atoms with van der Waals surface area (Å²) in [7, 11) is 0. The van der Waals surface area contributed by atoms with Crippen molar-refractivity contribution in [3.8, 4) is 0 Å². The smallest absolute Gasteiger partial charge is 0.103 e. The van der Waals surface area contributed by atoms with Crippen molar-refractivity contribution in [2.24, 2.45) is 5.73 Å². The molecule has 2 N–H and O–H groups in total. The Morgan fingerprint density at radius 1 is 0.842 bits per heavy atom. The SMILES string of the molecule is NC(=S)c1cccc(CCCCc2ccccc2)c1. The largest absolute Gasteiger partial charge is 0.389 e. The van der Waals surface area contributed by atoms with Gasteiger partial charge in [0.1, 0.15) is 4.99 Å². The lowest BCUT2D eigenvalue weighted by Crippen LogP contribution is -2.09. The van der Waals surface area contributed by atoms with E-state index in [-0.39, 0.29) is 0 Å². The number of hydrogen-bond donors (Lipinski definition) is 1. The molecule has 2 aromatic carbocycles. The summed E-state index contributed by atoms with van der Waals surface area (Å²) in [6, 6.07) is 18.9. The maximum Gasteiger partial charge on any atom is 0.103 e. The molecule has 0 spiro atoms. The van der Waals surface area contributed by atoms with E-state index in [1.807, 2.05) is 12.1 Å². The quantitative estimate of drug-likeness (QED) is 0.636. The van der Waals surface area contributed by atoms with Crippen LogP contribution in [-0.4, -0.2) is 4.99 Å². The molecule has 0 heterocycles. The van der Waals surface area contributed by atoms with Crippen LogP contribution in [0.2, 0.25) is 0 Å². The fraction of sp³-hybridized carbons (Fsp3) is 0.235. The molecule has 0 atom stereocenters. The van der Waals surface area contributed by atoms with E-state index in [1.165, 1.54) is 24.0 Å². The maximum atomic E-state index is 5.64. The van der Waals surface area contributed by atoms with Crippen molar-refractivity contribution in [2.45, 2.75) is 25.7 Å². The van der Waals surface area contributed by atoms with Gasteiger partial charge < -0.3 is 5.73 Å². The van der Waals surface area contributed by atoms with Crippen molar-refractivity contribution in [1.29, 1.82) is 0 Å². The fourth-order valence-electron chi connectivity index (χ4n) is 2.18. The van der Waals surface area contributed by atoms with Crippen LogP contribution in [-0.2, 0) is 12.8 Å². The zero-order valence-corrected chi connectivity index (χ0v) is 11.8. The number of rotatable bonds is 6. The Morgan fingerprint density at radius 2 is 1.47 bits per heavy atom. The molecule has 1 nitrogen and oxygen atoms in total. The van der Waals surface area contributed by atoms with Gasteiger partial charge in [0, 0.05) is 5.56 Å². The Labute approximate surface area is 120 Å². The highest BCUT2D eigenvalue weighted by Gasteiger charge is 1.99. The molecule has 2 heteroatoms. The Kier molecular flexibility index (Phi) is 5.10. The summed E-state index contributed by atoms with van der Waals surface area (Å²) in [6.07, 6.45) is 4.64. The molecule has 0 bridgehead atoms. The monoisotopic (exact) mass is 269 g/mol. The highest BCUT2D eigenvalue weighted by molar-refractivity contribution is 7.80. The molecular formula is C17H19NS. The van der Waals surface area contributed by atoms with Gasteiger partial charge in [0.15, 0.2) is 0 Å². The van der Waals surface area contributed by atoms with Crippen LogP contribution < -0.4 is 5.73 Å². The van der Waals surface area contributed by atoms with Gasteiger partial charge in [-0.15, -0.1) is 0 Å². The first-order valence-electron chi connectivity index (χ1n) is 6.68. The molecule has 0 amide bonds. The van der Waals surface area contributed by atoms with E-state index in [9.17, 15) is 0 Å². The van der Waals surface area contributed by atoms with Crippen molar-refractivity contribution in [2.75, 3.05) is 0 Å². The van der Waals surface area contributed by atoms with Gasteiger partial charge in [-0.25, -0.2) is 0 Å². The van der Waals surface area contributed by atoms with E-state index in [4.69, 9.17) is 18.0 Å². The molecule has 0 fully saturated rings. The van der Waals surface area contributed by atoms with Gasteiger partial charge in [0.2, 0.25) is 0 Å². The number of benzene rings is 2. The molecule has 19 heavy (non-hydrogen) atoms. The minimum Gasteiger partial charge on any atom is -0.389 e. The number of hydrogen-bond acceptors (Lipinski definition) is 1. The number of unbranched alkanes of at least 4 members (excludes halogenated alkanes) is 1. The van der Waals surface area contributed by atoms with E-state index in [0.29, 0.717) is 4.99 Å². The van der Waals surface area contributed by atoms with Crippen LogP contribution in [0.1, 0.15) is 29.5 Å². The summed E-state index contributed by atoms with van der Waals surface area (Å²) in [4.78, 5) is 0.478. The molecule has 0 saturated heterocycles. The standard InChI is InChI=1S/C17H19NS/c18-17(19)16-12-6-11-15(13-16)10-5-4-9-14-7-2-1-3-8-14/h1-3,6-8,11-13H,4-5,9-10H2,(H2,18,19). The van der Waals surface area contributed by atoms with E-state index in [2.05, 4.69) is 42.5 Å². The molecular weight excluding hydrogens is 250 g/mol. The summed E-state index contributed by atoms with van der Waals surface area (Å²) in [5.74, 6) is 0. The lowest BCUT2D eigenvalue weighted by molar-refractivity contribution is 0.734. The zero-order valence-electron chi connectivity index (χ0n) is 11.0. The van der Waals surface area contributed by atoms with Crippen molar-refractivity contribution in [3.63, 3.8) is 0 Å². The first-order chi connectivity index (χ1) is 9.25. The second-order valence-corrected chi connectivity index (χ2v) is 5.20. The van der Waals surface area contributed by atoms with Crippen LogP contribution in [0, 0.1) is 0 Å². The van der Waals surface area contributed by atoms with E-state index in [0.717, 1.165) is 18.4 Å². The second-order valence-electron chi connectivity index (χ2n) is 4.76. The van der Waals surface area contributed by atoms with Gasteiger partial charge in [-0.3, -0.25) is 0 Å². The average molecular weight is 269 g/mol. The average Bonchev–Trinajstić information content (AvgIpc) is 2.45. The molecule has 98 valence electrons. The normalized spacial score (nSPS) is 10.3. The van der Waals surface area contributed by atoms with Gasteiger partial charge in [0.25, 0.3) is 0 Å². The Bertz CT molecular complexity index is 534. The molecule has 0 aliphatic rings. The summed E-state index contributed by atoms with van der Waals surface area (Å²) in [5, 5.41) is 0. The summed E-state index contributed by atoms with van der Waals surface area (Å²) in [5.41, 5.74) is 9.35. The van der Waals surface area contributed by atoms with Gasteiger partial charge in [-0.2, -0.15) is 0 Å². The molecule has 2 aromatic rings. The predicted molar refractivity (Wildman–Crippen MR) is 85.4 cm³/mol. The maximum absolute atomic E-state index is 5.64. The first-order valence-corrected chi connectivity index (χ1v) is 7.09. The topological polar surface area (TPSA) is 26.0 Å². The Balaban J connectivity index is 1.80. The van der Waals surface area contributed by atoms with Crippen molar-refractivity contribution in [3.05, 3.63) is 71.3 Å². The molecule has 2 rings (SSSR count). The predicted octanol–water partition coefficient (Wildman–Crippen LogP) is 3.89. The molecule has 0 radical (unpaired) electrons. The van der Waals surface area contributed by atoms with Gasteiger partial charge in [0.05, 0.1) is 0 Å². The summed E-state index contributed by atoms with van der Waals surface area (Å²) < 4.78 is 0. The highest BCUT2D eigenvalue weighted by Crippen LogP contribution is 2.11. The van der Waals surface area contributed by atoms with Crippen molar-refractivity contribution in [1.82, 2.24) is 0 Å². The van der Waals surface area contributed by atoms with Crippen LogP contribution in [0.15, 0.2) is 54.6 Å². The Hall–Kier alpha value is -1.67. The zero-order chi connectivity index (χ0) is 13.5. The van der Waals surface area contributed by atoms with Crippen molar-refractivity contribution < 1.29 is 0 Å². The number of aryl methyl sites for hydroxylation is 2. The van der Waals surface area contributed by atoms with Crippen LogP contribution >= 0.6 is 12.2 Å². The minimum absolute atomic E-state index is 0.478. The van der Waals surface area contributed by atoms with Crippen molar-refractivity contribution >= 4 is 17.2 Å². The molecule has 0 saturated carbocycles. The first kappa shape index (κ1) is 13.8. The summed E-state index contributed by atoms with van der Waals surface area (Å²) >= 11 is 5.00. The molecule has 0 aliphatic heterocycles. The Morgan fingerprint density at radius 3 is 2.16 bits per heavy atom. The van der Waals surface area contributed by atoms with E-state index >= 15 is 0 Å². The lowest BCUT2D eigenvalue weighted by Gasteiger charge is -2.05. The molecule has 0 aliphatic carbocycles. The van der Waals surface area contributed by atoms with E-state index < -0.39 is 0 Å².